The third kappa shape index (κ3) is 6.92. The fourth-order valence-electron chi connectivity index (χ4n) is 4.59. The van der Waals surface area contributed by atoms with Crippen LogP contribution in [0.4, 0.5) is 0 Å². The number of benzene rings is 2. The molecule has 0 spiro atoms. The van der Waals surface area contributed by atoms with Crippen LogP contribution in [0.5, 0.6) is 5.75 Å². The first-order valence-corrected chi connectivity index (χ1v) is 13.6. The van der Waals surface area contributed by atoms with Gasteiger partial charge in [-0.1, -0.05) is 56.7 Å². The van der Waals surface area contributed by atoms with Gasteiger partial charge < -0.3 is 14.5 Å². The second-order valence-electron chi connectivity index (χ2n) is 9.66. The third-order valence-corrected chi connectivity index (χ3v) is 7.51. The van der Waals surface area contributed by atoms with E-state index in [1.54, 1.807) is 11.3 Å². The summed E-state index contributed by atoms with van der Waals surface area (Å²) in [6.45, 7) is 11.2. The van der Waals surface area contributed by atoms with Crippen molar-refractivity contribution in [3.63, 3.8) is 0 Å². The van der Waals surface area contributed by atoms with Gasteiger partial charge in [0.1, 0.15) is 17.4 Å². The van der Waals surface area contributed by atoms with Crippen LogP contribution in [-0.4, -0.2) is 46.9 Å². The van der Waals surface area contributed by atoms with Crippen LogP contribution in [0.15, 0.2) is 53.9 Å². The molecule has 1 amide bonds. The number of carbonyl (C=O) groups excluding carboxylic acids is 1. The molecule has 0 atom stereocenters. The molecule has 35 heavy (non-hydrogen) atoms. The van der Waals surface area contributed by atoms with Crippen LogP contribution in [0.1, 0.15) is 71.2 Å². The van der Waals surface area contributed by atoms with E-state index in [9.17, 15) is 4.79 Å². The van der Waals surface area contributed by atoms with E-state index in [2.05, 4.69) is 30.2 Å². The molecular weight excluding hydrogens is 454 g/mol. The minimum absolute atomic E-state index is 0.0803. The van der Waals surface area contributed by atoms with Crippen LogP contribution in [-0.2, 0) is 13.2 Å². The van der Waals surface area contributed by atoms with Crippen molar-refractivity contribution in [1.82, 2.24) is 14.8 Å². The minimum atomic E-state index is 0.0803. The SMILES string of the molecule is Cc1ccccc1C(=O)N(CCN1CCCCC1)Cc1csc(COc2ccccc2C(C)C)n1. The molecule has 0 aliphatic carbocycles. The Hall–Kier alpha value is -2.70. The van der Waals surface area contributed by atoms with Crippen molar-refractivity contribution in [2.24, 2.45) is 0 Å². The first-order chi connectivity index (χ1) is 17.0. The van der Waals surface area contributed by atoms with E-state index in [0.29, 0.717) is 25.6 Å². The molecule has 1 saturated heterocycles. The van der Waals surface area contributed by atoms with Gasteiger partial charge in [0.05, 0.1) is 12.2 Å². The van der Waals surface area contributed by atoms with Crippen molar-refractivity contribution in [2.75, 3.05) is 26.2 Å². The van der Waals surface area contributed by atoms with E-state index >= 15 is 0 Å². The van der Waals surface area contributed by atoms with E-state index in [4.69, 9.17) is 9.72 Å². The number of para-hydroxylation sites is 1. The number of carbonyl (C=O) groups is 1. The molecule has 0 bridgehead atoms. The zero-order chi connectivity index (χ0) is 24.6. The highest BCUT2D eigenvalue weighted by Crippen LogP contribution is 2.27. The molecule has 2 aromatic carbocycles. The standard InChI is InChI=1S/C29H37N3O2S/c1-22(2)25-12-7-8-14-27(25)34-20-28-30-24(21-35-28)19-32(18-17-31-15-9-4-10-16-31)29(33)26-13-6-5-11-23(26)3/h5-8,11-14,21-22H,4,9-10,15-20H2,1-3H3. The normalized spacial score (nSPS) is 14.3. The second kappa shape index (κ2) is 12.3. The third-order valence-electron chi connectivity index (χ3n) is 6.64. The predicted molar refractivity (Wildman–Crippen MR) is 143 cm³/mol. The Labute approximate surface area is 213 Å². The summed E-state index contributed by atoms with van der Waals surface area (Å²) >= 11 is 1.60. The number of amides is 1. The van der Waals surface area contributed by atoms with Crippen LogP contribution in [0, 0.1) is 6.92 Å². The summed E-state index contributed by atoms with van der Waals surface area (Å²) in [6, 6.07) is 16.0. The fraction of sp³-hybridized carbons (Fsp3) is 0.448. The van der Waals surface area contributed by atoms with Crippen molar-refractivity contribution in [3.8, 4) is 5.75 Å². The number of piperidine rings is 1. The zero-order valence-corrected chi connectivity index (χ0v) is 22.0. The molecule has 0 saturated carbocycles. The number of aryl methyl sites for hydroxylation is 1. The summed E-state index contributed by atoms with van der Waals surface area (Å²) in [5.41, 5.74) is 3.91. The quantitative estimate of drug-likeness (QED) is 0.335. The molecule has 0 radical (unpaired) electrons. The van der Waals surface area contributed by atoms with Crippen LogP contribution >= 0.6 is 11.3 Å². The molecule has 0 N–H and O–H groups in total. The number of ether oxygens (including phenoxy) is 1. The Bertz CT molecular complexity index is 1100. The predicted octanol–water partition coefficient (Wildman–Crippen LogP) is 6.28. The van der Waals surface area contributed by atoms with E-state index < -0.39 is 0 Å². The van der Waals surface area contributed by atoms with Gasteiger partial charge in [-0.3, -0.25) is 4.79 Å². The molecule has 4 rings (SSSR count). The van der Waals surface area contributed by atoms with Gasteiger partial charge in [-0.2, -0.15) is 0 Å². The van der Waals surface area contributed by atoms with Crippen molar-refractivity contribution < 1.29 is 9.53 Å². The van der Waals surface area contributed by atoms with Crippen LogP contribution in [0.3, 0.4) is 0 Å². The molecule has 1 aromatic heterocycles. The molecule has 1 aliphatic heterocycles. The maximum absolute atomic E-state index is 13.5. The number of hydrogen-bond donors (Lipinski definition) is 0. The molecule has 1 aliphatic rings. The first-order valence-electron chi connectivity index (χ1n) is 12.7. The summed E-state index contributed by atoms with van der Waals surface area (Å²) in [7, 11) is 0. The van der Waals surface area contributed by atoms with Gasteiger partial charge in [-0.05, 0) is 62.0 Å². The van der Waals surface area contributed by atoms with E-state index in [1.165, 1.54) is 24.8 Å². The van der Waals surface area contributed by atoms with Gasteiger partial charge >= 0.3 is 0 Å². The molecule has 186 valence electrons. The topological polar surface area (TPSA) is 45.7 Å². The van der Waals surface area contributed by atoms with Gasteiger partial charge in [0, 0.05) is 24.0 Å². The lowest BCUT2D eigenvalue weighted by Crippen LogP contribution is -2.40. The van der Waals surface area contributed by atoms with Gasteiger partial charge in [0.15, 0.2) is 0 Å². The van der Waals surface area contributed by atoms with Crippen LogP contribution in [0.2, 0.25) is 0 Å². The Morgan fingerprint density at radius 1 is 1.09 bits per heavy atom. The highest BCUT2D eigenvalue weighted by atomic mass is 32.1. The molecule has 2 heterocycles. The number of aromatic nitrogens is 1. The second-order valence-corrected chi connectivity index (χ2v) is 10.6. The maximum Gasteiger partial charge on any atom is 0.254 e. The van der Waals surface area contributed by atoms with E-state index in [0.717, 1.165) is 47.2 Å². The molecule has 6 heteroatoms. The lowest BCUT2D eigenvalue weighted by Gasteiger charge is -2.30. The number of nitrogens with zero attached hydrogens (tertiary/aromatic N) is 3. The Morgan fingerprint density at radius 2 is 1.83 bits per heavy atom. The lowest BCUT2D eigenvalue weighted by molar-refractivity contribution is 0.0712. The van der Waals surface area contributed by atoms with Crippen molar-refractivity contribution in [3.05, 3.63) is 81.3 Å². The average Bonchev–Trinajstić information content (AvgIpc) is 3.33. The monoisotopic (exact) mass is 491 g/mol. The highest BCUT2D eigenvalue weighted by molar-refractivity contribution is 7.09. The maximum atomic E-state index is 13.5. The van der Waals surface area contributed by atoms with Crippen LogP contribution in [0.25, 0.3) is 0 Å². The van der Waals surface area contributed by atoms with Gasteiger partial charge in [0.2, 0.25) is 0 Å². The lowest BCUT2D eigenvalue weighted by atomic mass is 10.0. The van der Waals surface area contributed by atoms with Gasteiger partial charge in [-0.25, -0.2) is 4.98 Å². The average molecular weight is 492 g/mol. The van der Waals surface area contributed by atoms with Crippen molar-refractivity contribution >= 4 is 17.2 Å². The van der Waals surface area contributed by atoms with Crippen molar-refractivity contribution in [1.29, 1.82) is 0 Å². The molecule has 0 unspecified atom stereocenters. The number of likely N-dealkylation sites (tertiary alicyclic amines) is 1. The summed E-state index contributed by atoms with van der Waals surface area (Å²) < 4.78 is 6.12. The smallest absolute Gasteiger partial charge is 0.254 e. The van der Waals surface area contributed by atoms with Gasteiger partial charge in [-0.15, -0.1) is 11.3 Å². The Morgan fingerprint density at radius 3 is 2.60 bits per heavy atom. The first kappa shape index (κ1) is 25.4. The van der Waals surface area contributed by atoms with E-state index in [-0.39, 0.29) is 5.91 Å². The summed E-state index contributed by atoms with van der Waals surface area (Å²) in [5, 5.41) is 2.99. The fourth-order valence-corrected chi connectivity index (χ4v) is 5.29. The summed E-state index contributed by atoms with van der Waals surface area (Å²) in [6.07, 6.45) is 3.82. The van der Waals surface area contributed by atoms with E-state index in [1.807, 2.05) is 54.3 Å². The number of hydrogen-bond acceptors (Lipinski definition) is 5. The van der Waals surface area contributed by atoms with Crippen LogP contribution < -0.4 is 4.74 Å². The Kier molecular flexibility index (Phi) is 8.94. The largest absolute Gasteiger partial charge is 0.486 e. The Balaban J connectivity index is 1.44. The zero-order valence-electron chi connectivity index (χ0n) is 21.2. The highest BCUT2D eigenvalue weighted by Gasteiger charge is 2.21. The molecule has 1 fully saturated rings. The number of thiazole rings is 1. The number of rotatable bonds is 10. The summed E-state index contributed by atoms with van der Waals surface area (Å²) in [4.78, 5) is 22.8. The minimum Gasteiger partial charge on any atom is -0.486 e. The summed E-state index contributed by atoms with van der Waals surface area (Å²) in [5.74, 6) is 1.40. The molecular formula is C29H37N3O2S. The van der Waals surface area contributed by atoms with Crippen molar-refractivity contribution in [2.45, 2.75) is 59.1 Å². The molecule has 5 nitrogen and oxygen atoms in total. The molecule has 3 aromatic rings. The van der Waals surface area contributed by atoms with Gasteiger partial charge in [0.25, 0.3) is 5.91 Å².